The number of carbonyl (C=O) groups excluding carboxylic acids is 3. The first kappa shape index (κ1) is 18.3. The number of benzene rings is 1. The van der Waals surface area contributed by atoms with Crippen molar-refractivity contribution < 1.29 is 18.8 Å². The Kier molecular flexibility index (Phi) is 5.14. The summed E-state index contributed by atoms with van der Waals surface area (Å²) in [4.78, 5) is 42.7. The van der Waals surface area contributed by atoms with Crippen LogP contribution in [0.4, 0.5) is 5.69 Å². The van der Waals surface area contributed by atoms with Gasteiger partial charge in [-0.25, -0.2) is 0 Å². The fourth-order valence-corrected chi connectivity index (χ4v) is 3.84. The van der Waals surface area contributed by atoms with Gasteiger partial charge in [-0.1, -0.05) is 18.2 Å². The number of rotatable bonds is 3. The standard InChI is InChI=1S/C21H23N3O4/c25-19(15-20(26)24-9-3-6-16-5-1-2-7-17(16)24)22-10-12-23(13-11-22)21(27)18-8-4-14-28-18/h1-2,4-5,7-8,14H,3,6,9-13,15H2. The molecule has 1 aromatic carbocycles. The second-order valence-electron chi connectivity index (χ2n) is 7.10. The molecule has 0 bridgehead atoms. The van der Waals surface area contributed by atoms with E-state index < -0.39 is 0 Å². The molecule has 0 atom stereocenters. The predicted octanol–water partition coefficient (Wildman–Crippen LogP) is 1.93. The first-order valence-electron chi connectivity index (χ1n) is 9.62. The van der Waals surface area contributed by atoms with Gasteiger partial charge in [0.1, 0.15) is 6.42 Å². The molecule has 2 aliphatic rings. The third kappa shape index (κ3) is 3.65. The van der Waals surface area contributed by atoms with Crippen molar-refractivity contribution in [2.24, 2.45) is 0 Å². The van der Waals surface area contributed by atoms with E-state index in [-0.39, 0.29) is 24.1 Å². The van der Waals surface area contributed by atoms with Crippen LogP contribution in [0.2, 0.25) is 0 Å². The average molecular weight is 381 g/mol. The van der Waals surface area contributed by atoms with Crippen LogP contribution in [0.15, 0.2) is 47.1 Å². The van der Waals surface area contributed by atoms with Crippen LogP contribution in [0, 0.1) is 0 Å². The summed E-state index contributed by atoms with van der Waals surface area (Å²) in [7, 11) is 0. The summed E-state index contributed by atoms with van der Waals surface area (Å²) >= 11 is 0. The first-order chi connectivity index (χ1) is 13.6. The van der Waals surface area contributed by atoms with E-state index in [1.54, 1.807) is 26.8 Å². The van der Waals surface area contributed by atoms with E-state index in [1.165, 1.54) is 6.26 Å². The summed E-state index contributed by atoms with van der Waals surface area (Å²) < 4.78 is 5.15. The highest BCUT2D eigenvalue weighted by molar-refractivity contribution is 6.05. The number of fused-ring (bicyclic) bond motifs is 1. The van der Waals surface area contributed by atoms with Gasteiger partial charge in [0.15, 0.2) is 5.76 Å². The zero-order valence-electron chi connectivity index (χ0n) is 15.7. The first-order valence-corrected chi connectivity index (χ1v) is 9.62. The van der Waals surface area contributed by atoms with Crippen LogP contribution in [-0.4, -0.2) is 60.2 Å². The molecule has 1 saturated heterocycles. The van der Waals surface area contributed by atoms with Crippen molar-refractivity contribution in [2.45, 2.75) is 19.3 Å². The van der Waals surface area contributed by atoms with Crippen LogP contribution >= 0.6 is 0 Å². The summed E-state index contributed by atoms with van der Waals surface area (Å²) in [5, 5.41) is 0. The molecule has 1 aromatic heterocycles. The highest BCUT2D eigenvalue weighted by Crippen LogP contribution is 2.27. The van der Waals surface area contributed by atoms with Gasteiger partial charge in [0.05, 0.1) is 6.26 Å². The van der Waals surface area contributed by atoms with Crippen molar-refractivity contribution in [3.63, 3.8) is 0 Å². The minimum absolute atomic E-state index is 0.138. The van der Waals surface area contributed by atoms with Crippen molar-refractivity contribution in [3.05, 3.63) is 54.0 Å². The molecule has 0 unspecified atom stereocenters. The van der Waals surface area contributed by atoms with Gasteiger partial charge in [-0.3, -0.25) is 14.4 Å². The number of furan rings is 1. The molecule has 0 spiro atoms. The lowest BCUT2D eigenvalue weighted by molar-refractivity contribution is -0.136. The molecule has 0 radical (unpaired) electrons. The summed E-state index contributed by atoms with van der Waals surface area (Å²) in [6.07, 6.45) is 3.20. The van der Waals surface area contributed by atoms with Crippen LogP contribution in [0.3, 0.4) is 0 Å². The van der Waals surface area contributed by atoms with Crippen molar-refractivity contribution in [1.29, 1.82) is 0 Å². The number of hydrogen-bond acceptors (Lipinski definition) is 4. The number of para-hydroxylation sites is 1. The number of hydrogen-bond donors (Lipinski definition) is 0. The Morgan fingerprint density at radius 2 is 1.61 bits per heavy atom. The molecule has 4 rings (SSSR count). The molecule has 7 nitrogen and oxygen atoms in total. The number of nitrogens with zero attached hydrogens (tertiary/aromatic N) is 3. The maximum atomic E-state index is 12.7. The molecule has 146 valence electrons. The smallest absolute Gasteiger partial charge is 0.289 e. The highest BCUT2D eigenvalue weighted by atomic mass is 16.3. The molecule has 7 heteroatoms. The van der Waals surface area contributed by atoms with E-state index in [2.05, 4.69) is 0 Å². The molecule has 1 fully saturated rings. The third-order valence-corrected chi connectivity index (χ3v) is 5.37. The SMILES string of the molecule is O=C(CC(=O)N1CCCc2ccccc21)N1CCN(C(=O)c2ccco2)CC1. The summed E-state index contributed by atoms with van der Waals surface area (Å²) in [5.41, 5.74) is 2.07. The van der Waals surface area contributed by atoms with Crippen LogP contribution in [0.1, 0.15) is 29.0 Å². The topological polar surface area (TPSA) is 74.1 Å². The maximum Gasteiger partial charge on any atom is 0.289 e. The summed E-state index contributed by atoms with van der Waals surface area (Å²) in [5.74, 6) is -0.207. The fraction of sp³-hybridized carbons (Fsp3) is 0.381. The van der Waals surface area contributed by atoms with Gasteiger partial charge in [-0.05, 0) is 36.6 Å². The molecule has 3 heterocycles. The second-order valence-corrected chi connectivity index (χ2v) is 7.10. The Morgan fingerprint density at radius 1 is 0.857 bits per heavy atom. The lowest BCUT2D eigenvalue weighted by Gasteiger charge is -2.35. The van der Waals surface area contributed by atoms with Gasteiger partial charge < -0.3 is 19.1 Å². The van der Waals surface area contributed by atoms with Gasteiger partial charge in [-0.2, -0.15) is 0 Å². The normalized spacial score (nSPS) is 16.6. The van der Waals surface area contributed by atoms with Crippen LogP contribution in [0.5, 0.6) is 0 Å². The molecular formula is C21H23N3O4. The van der Waals surface area contributed by atoms with Gasteiger partial charge in [0.25, 0.3) is 5.91 Å². The second kappa shape index (κ2) is 7.88. The molecule has 2 aromatic rings. The molecule has 2 aliphatic heterocycles. The molecular weight excluding hydrogens is 358 g/mol. The minimum Gasteiger partial charge on any atom is -0.459 e. The molecule has 0 N–H and O–H groups in total. The Bertz CT molecular complexity index is 870. The maximum absolute atomic E-state index is 12.7. The summed E-state index contributed by atoms with van der Waals surface area (Å²) in [6.45, 7) is 2.37. The van der Waals surface area contributed by atoms with Crippen molar-refractivity contribution >= 4 is 23.4 Å². The zero-order valence-corrected chi connectivity index (χ0v) is 15.7. The molecule has 28 heavy (non-hydrogen) atoms. The van der Waals surface area contributed by atoms with E-state index >= 15 is 0 Å². The van der Waals surface area contributed by atoms with E-state index in [9.17, 15) is 14.4 Å². The summed E-state index contributed by atoms with van der Waals surface area (Å²) in [6, 6.07) is 11.2. The quantitative estimate of drug-likeness (QED) is 0.762. The van der Waals surface area contributed by atoms with Crippen LogP contribution in [-0.2, 0) is 16.0 Å². The lowest BCUT2D eigenvalue weighted by atomic mass is 10.0. The Balaban J connectivity index is 1.33. The van der Waals surface area contributed by atoms with Crippen LogP contribution in [0.25, 0.3) is 0 Å². The third-order valence-electron chi connectivity index (χ3n) is 5.37. The molecule has 3 amide bonds. The lowest BCUT2D eigenvalue weighted by Crippen LogP contribution is -2.51. The fourth-order valence-electron chi connectivity index (χ4n) is 3.84. The van der Waals surface area contributed by atoms with Gasteiger partial charge in [0.2, 0.25) is 11.8 Å². The average Bonchev–Trinajstić information content (AvgIpc) is 3.27. The zero-order chi connectivity index (χ0) is 19.5. The number of aryl methyl sites for hydroxylation is 1. The van der Waals surface area contributed by atoms with E-state index in [0.29, 0.717) is 38.5 Å². The predicted molar refractivity (Wildman–Crippen MR) is 103 cm³/mol. The largest absolute Gasteiger partial charge is 0.459 e. The number of carbonyl (C=O) groups is 3. The van der Waals surface area contributed by atoms with Gasteiger partial charge in [0, 0.05) is 38.4 Å². The number of piperazine rings is 1. The number of anilines is 1. The molecule has 0 aliphatic carbocycles. The number of amides is 3. The van der Waals surface area contributed by atoms with E-state index in [0.717, 1.165) is 24.1 Å². The van der Waals surface area contributed by atoms with E-state index in [1.807, 2.05) is 24.3 Å². The van der Waals surface area contributed by atoms with Gasteiger partial charge in [-0.15, -0.1) is 0 Å². The molecule has 0 saturated carbocycles. The Morgan fingerprint density at radius 3 is 2.36 bits per heavy atom. The van der Waals surface area contributed by atoms with Crippen molar-refractivity contribution in [2.75, 3.05) is 37.6 Å². The minimum atomic E-state index is -0.182. The van der Waals surface area contributed by atoms with E-state index in [4.69, 9.17) is 4.42 Å². The monoisotopic (exact) mass is 381 g/mol. The Hall–Kier alpha value is -3.09. The highest BCUT2D eigenvalue weighted by Gasteiger charge is 2.29. The Labute approximate surface area is 163 Å². The van der Waals surface area contributed by atoms with Crippen LogP contribution < -0.4 is 4.90 Å². The van der Waals surface area contributed by atoms with Crippen molar-refractivity contribution in [1.82, 2.24) is 9.80 Å². The van der Waals surface area contributed by atoms with Gasteiger partial charge >= 0.3 is 0 Å². The van der Waals surface area contributed by atoms with Crippen molar-refractivity contribution in [3.8, 4) is 0 Å².